The summed E-state index contributed by atoms with van der Waals surface area (Å²) in [4.78, 5) is 49.6. The molecular formula is C23H31N5O8. The third-order valence-corrected chi connectivity index (χ3v) is 6.00. The summed E-state index contributed by atoms with van der Waals surface area (Å²) in [7, 11) is 0. The summed E-state index contributed by atoms with van der Waals surface area (Å²) < 4.78 is 29.8. The fraction of sp³-hybridized carbons (Fsp3) is 0.652. The SMILES string of the molecule is CCC(=O)OCC1OC(n2cnc3c(NC4CCOC4)ncnc32)C(OC(=O)CC)C1OC(=O)CC. The highest BCUT2D eigenvalue weighted by Gasteiger charge is 2.51. The lowest BCUT2D eigenvalue weighted by Gasteiger charge is -2.24. The van der Waals surface area contributed by atoms with Gasteiger partial charge in [-0.05, 0) is 6.42 Å². The zero-order chi connectivity index (χ0) is 25.7. The van der Waals surface area contributed by atoms with E-state index in [0.29, 0.717) is 30.2 Å². The van der Waals surface area contributed by atoms with E-state index in [4.69, 9.17) is 23.7 Å². The third kappa shape index (κ3) is 5.57. The monoisotopic (exact) mass is 505 g/mol. The van der Waals surface area contributed by atoms with E-state index < -0.39 is 42.4 Å². The van der Waals surface area contributed by atoms with Crippen LogP contribution < -0.4 is 5.32 Å². The average molecular weight is 506 g/mol. The van der Waals surface area contributed by atoms with E-state index in [2.05, 4.69) is 20.3 Å². The molecule has 2 aliphatic heterocycles. The molecule has 4 heterocycles. The first-order valence-electron chi connectivity index (χ1n) is 12.2. The molecule has 0 aromatic carbocycles. The average Bonchev–Trinajstić information content (AvgIpc) is 3.63. The maximum atomic E-state index is 12.3. The minimum absolute atomic E-state index is 0.102. The van der Waals surface area contributed by atoms with Crippen LogP contribution >= 0.6 is 0 Å². The van der Waals surface area contributed by atoms with Crippen LogP contribution in [-0.4, -0.2) is 81.6 Å². The highest BCUT2D eigenvalue weighted by atomic mass is 16.7. The lowest BCUT2D eigenvalue weighted by Crippen LogP contribution is -2.41. The maximum Gasteiger partial charge on any atom is 0.306 e. The number of carbonyl (C=O) groups excluding carboxylic acids is 3. The number of hydrogen-bond donors (Lipinski definition) is 1. The Kier molecular flexibility index (Phi) is 8.31. The van der Waals surface area contributed by atoms with E-state index >= 15 is 0 Å². The van der Waals surface area contributed by atoms with Gasteiger partial charge in [0, 0.05) is 25.9 Å². The van der Waals surface area contributed by atoms with E-state index in [1.54, 1.807) is 25.3 Å². The Hall–Kier alpha value is -3.32. The lowest BCUT2D eigenvalue weighted by molar-refractivity contribution is -0.169. The predicted molar refractivity (Wildman–Crippen MR) is 124 cm³/mol. The molecule has 1 N–H and O–H groups in total. The van der Waals surface area contributed by atoms with Crippen molar-refractivity contribution in [1.82, 2.24) is 19.5 Å². The van der Waals surface area contributed by atoms with Crippen molar-refractivity contribution in [3.8, 4) is 0 Å². The molecule has 196 valence electrons. The number of anilines is 1. The van der Waals surface area contributed by atoms with Crippen molar-refractivity contribution in [3.63, 3.8) is 0 Å². The van der Waals surface area contributed by atoms with Crippen molar-refractivity contribution >= 4 is 34.9 Å². The largest absolute Gasteiger partial charge is 0.463 e. The van der Waals surface area contributed by atoms with Gasteiger partial charge in [-0.1, -0.05) is 20.8 Å². The van der Waals surface area contributed by atoms with E-state index in [1.165, 1.54) is 12.7 Å². The van der Waals surface area contributed by atoms with E-state index in [0.717, 1.165) is 6.42 Å². The van der Waals surface area contributed by atoms with Crippen molar-refractivity contribution in [1.29, 1.82) is 0 Å². The number of nitrogens with zero attached hydrogens (tertiary/aromatic N) is 4. The molecule has 2 saturated heterocycles. The molecule has 13 nitrogen and oxygen atoms in total. The Balaban J connectivity index is 1.68. The van der Waals surface area contributed by atoms with Crippen LogP contribution in [0.2, 0.25) is 0 Å². The smallest absolute Gasteiger partial charge is 0.306 e. The highest BCUT2D eigenvalue weighted by Crippen LogP contribution is 2.36. The van der Waals surface area contributed by atoms with E-state index in [-0.39, 0.29) is 31.9 Å². The molecule has 4 rings (SSSR count). The second-order valence-electron chi connectivity index (χ2n) is 8.47. The summed E-state index contributed by atoms with van der Waals surface area (Å²) in [6.07, 6.45) is 0.300. The van der Waals surface area contributed by atoms with Gasteiger partial charge in [0.15, 0.2) is 35.4 Å². The van der Waals surface area contributed by atoms with Gasteiger partial charge in [-0.3, -0.25) is 19.0 Å². The normalized spacial score (nSPS) is 25.6. The van der Waals surface area contributed by atoms with Crippen molar-refractivity contribution in [2.45, 2.75) is 77.0 Å². The quantitative estimate of drug-likeness (QED) is 0.368. The summed E-state index contributed by atoms with van der Waals surface area (Å²) in [6.45, 7) is 6.03. The lowest BCUT2D eigenvalue weighted by atomic mass is 10.1. The van der Waals surface area contributed by atoms with Crippen LogP contribution in [0.1, 0.15) is 52.7 Å². The summed E-state index contributed by atoms with van der Waals surface area (Å²) >= 11 is 0. The fourth-order valence-electron chi connectivity index (χ4n) is 4.07. The number of hydrogen-bond acceptors (Lipinski definition) is 12. The summed E-state index contributed by atoms with van der Waals surface area (Å²) in [5, 5.41) is 3.33. The van der Waals surface area contributed by atoms with Gasteiger partial charge in [-0.2, -0.15) is 0 Å². The van der Waals surface area contributed by atoms with Gasteiger partial charge in [0.05, 0.1) is 19.0 Å². The number of imidazole rings is 1. The van der Waals surface area contributed by atoms with Crippen LogP contribution in [0, 0.1) is 0 Å². The predicted octanol–water partition coefficient (Wildman–Crippen LogP) is 1.52. The molecule has 0 aliphatic carbocycles. The molecule has 2 aromatic rings. The first-order valence-corrected chi connectivity index (χ1v) is 12.2. The number of carbonyl (C=O) groups is 3. The molecule has 2 aromatic heterocycles. The van der Waals surface area contributed by atoms with Gasteiger partial charge in [0.25, 0.3) is 0 Å². The minimum Gasteiger partial charge on any atom is -0.463 e. The van der Waals surface area contributed by atoms with Crippen LogP contribution in [0.15, 0.2) is 12.7 Å². The number of esters is 3. The van der Waals surface area contributed by atoms with Crippen LogP contribution in [0.4, 0.5) is 5.82 Å². The topological polar surface area (TPSA) is 153 Å². The van der Waals surface area contributed by atoms with Crippen molar-refractivity contribution in [2.75, 3.05) is 25.1 Å². The first kappa shape index (κ1) is 25.8. The molecule has 0 radical (unpaired) electrons. The van der Waals surface area contributed by atoms with Gasteiger partial charge in [0.1, 0.15) is 19.0 Å². The Labute approximate surface area is 207 Å². The molecule has 0 saturated carbocycles. The Morgan fingerprint density at radius 2 is 1.75 bits per heavy atom. The first-order chi connectivity index (χ1) is 17.4. The van der Waals surface area contributed by atoms with Gasteiger partial charge in [0.2, 0.25) is 0 Å². The second kappa shape index (κ2) is 11.6. The van der Waals surface area contributed by atoms with Crippen LogP contribution in [0.25, 0.3) is 11.2 Å². The van der Waals surface area contributed by atoms with Gasteiger partial charge in [-0.25, -0.2) is 15.0 Å². The number of rotatable bonds is 10. The van der Waals surface area contributed by atoms with Crippen LogP contribution in [-0.2, 0) is 38.1 Å². The van der Waals surface area contributed by atoms with Gasteiger partial charge < -0.3 is 29.0 Å². The summed E-state index contributed by atoms with van der Waals surface area (Å²) in [6, 6.07) is 0.102. The fourth-order valence-corrected chi connectivity index (χ4v) is 4.07. The molecule has 5 unspecified atom stereocenters. The van der Waals surface area contributed by atoms with Crippen molar-refractivity contribution in [3.05, 3.63) is 12.7 Å². The number of fused-ring (bicyclic) bond motifs is 1. The van der Waals surface area contributed by atoms with Crippen LogP contribution in [0.5, 0.6) is 0 Å². The number of aromatic nitrogens is 4. The van der Waals surface area contributed by atoms with Crippen molar-refractivity contribution < 1.29 is 38.1 Å². The molecule has 0 spiro atoms. The second-order valence-corrected chi connectivity index (χ2v) is 8.47. The molecule has 2 aliphatic rings. The summed E-state index contributed by atoms with van der Waals surface area (Å²) in [5.41, 5.74) is 0.928. The van der Waals surface area contributed by atoms with Crippen LogP contribution in [0.3, 0.4) is 0 Å². The molecule has 36 heavy (non-hydrogen) atoms. The minimum atomic E-state index is -1.02. The Morgan fingerprint density at radius 3 is 2.42 bits per heavy atom. The van der Waals surface area contributed by atoms with E-state index in [1.807, 2.05) is 0 Å². The number of ether oxygens (including phenoxy) is 5. The van der Waals surface area contributed by atoms with Gasteiger partial charge in [-0.15, -0.1) is 0 Å². The van der Waals surface area contributed by atoms with Crippen molar-refractivity contribution in [2.24, 2.45) is 0 Å². The Bertz CT molecular complexity index is 1090. The molecule has 5 atom stereocenters. The molecular weight excluding hydrogens is 474 g/mol. The maximum absolute atomic E-state index is 12.3. The third-order valence-electron chi connectivity index (χ3n) is 6.00. The zero-order valence-electron chi connectivity index (χ0n) is 20.5. The molecule has 2 fully saturated rings. The zero-order valence-corrected chi connectivity index (χ0v) is 20.5. The molecule has 0 amide bonds. The van der Waals surface area contributed by atoms with E-state index in [9.17, 15) is 14.4 Å². The standard InChI is InChI=1S/C23H31N5O8/c1-4-15(29)33-10-14-19(35-16(30)5-2)20(36-17(31)6-3)23(34-14)28-12-26-18-21(24-11-25-22(18)28)27-13-7-8-32-9-13/h11-14,19-20,23H,4-10H2,1-3H3,(H,24,25,27). The number of nitrogens with one attached hydrogen (secondary N) is 1. The molecule has 0 bridgehead atoms. The summed E-state index contributed by atoms with van der Waals surface area (Å²) in [5.74, 6) is -0.898. The van der Waals surface area contributed by atoms with Gasteiger partial charge >= 0.3 is 17.9 Å². The highest BCUT2D eigenvalue weighted by molar-refractivity contribution is 5.83. The molecule has 13 heteroatoms. The Morgan fingerprint density at radius 1 is 1.03 bits per heavy atom.